The molecule has 0 aliphatic heterocycles. The van der Waals surface area contributed by atoms with Gasteiger partial charge in [0.15, 0.2) is 6.10 Å². The molecular weight excluding hydrogens is 298 g/mol. The number of nitrogens with one attached hydrogen (secondary N) is 2. The maximum atomic E-state index is 11.7. The van der Waals surface area contributed by atoms with Crippen molar-refractivity contribution in [3.8, 4) is 0 Å². The van der Waals surface area contributed by atoms with Crippen molar-refractivity contribution >= 4 is 40.2 Å². The number of carboxylic acids is 1. The Kier molecular flexibility index (Phi) is 4.56. The molecule has 2 rings (SSSR count). The number of fused-ring (bicyclic) bond motifs is 1. The highest BCUT2D eigenvalue weighted by atomic mass is 35.5. The Labute approximate surface area is 124 Å². The fourth-order valence-corrected chi connectivity index (χ4v) is 1.90. The van der Waals surface area contributed by atoms with Crippen molar-refractivity contribution in [2.75, 3.05) is 11.9 Å². The second kappa shape index (κ2) is 6.38. The lowest BCUT2D eigenvalue weighted by atomic mass is 10.2. The van der Waals surface area contributed by atoms with Crippen molar-refractivity contribution in [3.05, 3.63) is 35.5 Å². The molecule has 0 bridgehead atoms. The summed E-state index contributed by atoms with van der Waals surface area (Å²) in [6, 6.07) is 6.05. The van der Waals surface area contributed by atoms with Gasteiger partial charge >= 0.3 is 12.0 Å². The maximum absolute atomic E-state index is 11.7. The van der Waals surface area contributed by atoms with E-state index < -0.39 is 24.6 Å². The minimum atomic E-state index is -1.66. The number of pyridine rings is 1. The van der Waals surface area contributed by atoms with Crippen LogP contribution in [0.5, 0.6) is 0 Å². The largest absolute Gasteiger partial charge is 0.479 e. The van der Waals surface area contributed by atoms with Crippen LogP contribution in [0.25, 0.3) is 10.9 Å². The standard InChI is InChI=1S/C13H12ClN3O4/c14-8-3-4-9(11-7(8)2-1-5-15-11)17-13(21)16-6-10(18)12(19)20/h1-5,10,18H,6H2,(H,19,20)(H2,16,17,21)/t10-/m0/s1. The summed E-state index contributed by atoms with van der Waals surface area (Å²) in [4.78, 5) is 26.3. The molecule has 0 fully saturated rings. The molecule has 1 atom stereocenters. The van der Waals surface area contributed by atoms with Gasteiger partial charge < -0.3 is 20.8 Å². The second-order valence-corrected chi connectivity index (χ2v) is 4.59. The molecule has 2 aromatic rings. The quantitative estimate of drug-likeness (QED) is 0.683. The summed E-state index contributed by atoms with van der Waals surface area (Å²) < 4.78 is 0. The van der Waals surface area contributed by atoms with E-state index in [4.69, 9.17) is 21.8 Å². The summed E-state index contributed by atoms with van der Waals surface area (Å²) in [7, 11) is 0. The molecule has 0 saturated carbocycles. The third kappa shape index (κ3) is 3.59. The highest BCUT2D eigenvalue weighted by molar-refractivity contribution is 6.35. The number of benzene rings is 1. The lowest BCUT2D eigenvalue weighted by Gasteiger charge is -2.11. The third-order valence-corrected chi connectivity index (χ3v) is 3.04. The fraction of sp³-hybridized carbons (Fsp3) is 0.154. The summed E-state index contributed by atoms with van der Waals surface area (Å²) in [6.07, 6.45) is -0.0912. The van der Waals surface area contributed by atoms with E-state index in [9.17, 15) is 9.59 Å². The molecule has 8 heteroatoms. The van der Waals surface area contributed by atoms with Crippen LogP contribution < -0.4 is 10.6 Å². The molecule has 2 amide bonds. The van der Waals surface area contributed by atoms with Gasteiger partial charge in [0, 0.05) is 11.6 Å². The number of nitrogens with zero attached hydrogens (tertiary/aromatic N) is 1. The zero-order valence-corrected chi connectivity index (χ0v) is 11.5. The van der Waals surface area contributed by atoms with Gasteiger partial charge in [-0.2, -0.15) is 0 Å². The number of carbonyl (C=O) groups is 2. The number of carbonyl (C=O) groups excluding carboxylic acids is 1. The molecule has 0 saturated heterocycles. The Morgan fingerprint density at radius 3 is 2.81 bits per heavy atom. The number of carboxylic acid groups (broad SMARTS) is 1. The average molecular weight is 310 g/mol. The van der Waals surface area contributed by atoms with Crippen LogP contribution >= 0.6 is 11.6 Å². The molecule has 0 radical (unpaired) electrons. The average Bonchev–Trinajstić information content (AvgIpc) is 2.48. The molecule has 1 aromatic carbocycles. The number of aliphatic hydroxyl groups is 1. The van der Waals surface area contributed by atoms with E-state index in [2.05, 4.69) is 15.6 Å². The molecule has 110 valence electrons. The normalized spacial score (nSPS) is 11.9. The number of halogens is 1. The van der Waals surface area contributed by atoms with Crippen LogP contribution in [0.2, 0.25) is 5.02 Å². The van der Waals surface area contributed by atoms with E-state index in [0.717, 1.165) is 0 Å². The first-order valence-corrected chi connectivity index (χ1v) is 6.36. The number of hydrogen-bond acceptors (Lipinski definition) is 4. The van der Waals surface area contributed by atoms with Gasteiger partial charge in [-0.05, 0) is 24.3 Å². The van der Waals surface area contributed by atoms with Gasteiger partial charge in [-0.25, -0.2) is 9.59 Å². The molecular formula is C13H12ClN3O4. The zero-order chi connectivity index (χ0) is 15.4. The molecule has 0 aliphatic rings. The van der Waals surface area contributed by atoms with Gasteiger partial charge in [-0.15, -0.1) is 0 Å². The van der Waals surface area contributed by atoms with Crippen molar-refractivity contribution in [1.82, 2.24) is 10.3 Å². The number of amides is 2. The van der Waals surface area contributed by atoms with Crippen LogP contribution in [-0.4, -0.2) is 39.8 Å². The summed E-state index contributed by atoms with van der Waals surface area (Å²) in [5.41, 5.74) is 0.941. The van der Waals surface area contributed by atoms with Crippen molar-refractivity contribution < 1.29 is 19.8 Å². The van der Waals surface area contributed by atoms with Gasteiger partial charge in [0.2, 0.25) is 0 Å². The van der Waals surface area contributed by atoms with Crippen molar-refractivity contribution in [1.29, 1.82) is 0 Å². The highest BCUT2D eigenvalue weighted by Crippen LogP contribution is 2.27. The topological polar surface area (TPSA) is 112 Å². The molecule has 1 aromatic heterocycles. The van der Waals surface area contributed by atoms with Crippen LogP contribution in [0.15, 0.2) is 30.5 Å². The molecule has 4 N–H and O–H groups in total. The molecule has 0 spiro atoms. The molecule has 0 aliphatic carbocycles. The molecule has 0 unspecified atom stereocenters. The van der Waals surface area contributed by atoms with E-state index in [1.807, 2.05) is 0 Å². The van der Waals surface area contributed by atoms with Crippen molar-refractivity contribution in [2.45, 2.75) is 6.10 Å². The molecule has 21 heavy (non-hydrogen) atoms. The minimum Gasteiger partial charge on any atom is -0.479 e. The van der Waals surface area contributed by atoms with E-state index in [1.54, 1.807) is 30.5 Å². The first kappa shape index (κ1) is 15.0. The zero-order valence-electron chi connectivity index (χ0n) is 10.7. The SMILES string of the molecule is O=C(NC[C@H](O)C(=O)O)Nc1ccc(Cl)c2cccnc12. The Hall–Kier alpha value is -2.38. The predicted molar refractivity (Wildman–Crippen MR) is 77.4 cm³/mol. The first-order valence-electron chi connectivity index (χ1n) is 5.98. The smallest absolute Gasteiger partial charge is 0.334 e. The molecule has 7 nitrogen and oxygen atoms in total. The maximum Gasteiger partial charge on any atom is 0.334 e. The number of rotatable bonds is 4. The number of urea groups is 1. The van der Waals surface area contributed by atoms with Crippen LogP contribution in [-0.2, 0) is 4.79 Å². The van der Waals surface area contributed by atoms with Gasteiger partial charge in [0.1, 0.15) is 0 Å². The Morgan fingerprint density at radius 1 is 1.33 bits per heavy atom. The van der Waals surface area contributed by atoms with Crippen molar-refractivity contribution in [3.63, 3.8) is 0 Å². The van der Waals surface area contributed by atoms with Gasteiger partial charge in [-0.1, -0.05) is 11.6 Å². The number of hydrogen-bond donors (Lipinski definition) is 4. The molecule has 1 heterocycles. The van der Waals surface area contributed by atoms with Gasteiger partial charge in [0.25, 0.3) is 0 Å². The van der Waals surface area contributed by atoms with Crippen LogP contribution in [0.3, 0.4) is 0 Å². The van der Waals surface area contributed by atoms with E-state index in [-0.39, 0.29) is 0 Å². The fourth-order valence-electron chi connectivity index (χ4n) is 1.68. The van der Waals surface area contributed by atoms with Crippen LogP contribution in [0, 0.1) is 0 Å². The van der Waals surface area contributed by atoms with Gasteiger partial charge in [0.05, 0.1) is 22.8 Å². The van der Waals surface area contributed by atoms with Crippen LogP contribution in [0.1, 0.15) is 0 Å². The monoisotopic (exact) mass is 309 g/mol. The Morgan fingerprint density at radius 2 is 2.10 bits per heavy atom. The van der Waals surface area contributed by atoms with E-state index in [1.165, 1.54) is 0 Å². The third-order valence-electron chi connectivity index (χ3n) is 2.71. The summed E-state index contributed by atoms with van der Waals surface area (Å²) in [5, 5.41) is 23.6. The number of aliphatic hydroxyl groups excluding tert-OH is 1. The predicted octanol–water partition coefficient (Wildman–Crippen LogP) is 1.46. The second-order valence-electron chi connectivity index (χ2n) is 4.18. The lowest BCUT2D eigenvalue weighted by molar-refractivity contribution is -0.146. The van der Waals surface area contributed by atoms with E-state index >= 15 is 0 Å². The van der Waals surface area contributed by atoms with Crippen molar-refractivity contribution in [2.24, 2.45) is 0 Å². The van der Waals surface area contributed by atoms with Gasteiger partial charge in [-0.3, -0.25) is 4.98 Å². The summed E-state index contributed by atoms with van der Waals surface area (Å²) in [5.74, 6) is -1.41. The number of aromatic nitrogens is 1. The lowest BCUT2D eigenvalue weighted by Crippen LogP contribution is -2.38. The number of aliphatic carboxylic acids is 1. The summed E-state index contributed by atoms with van der Waals surface area (Å²) >= 11 is 6.04. The van der Waals surface area contributed by atoms with E-state index in [0.29, 0.717) is 21.6 Å². The van der Waals surface area contributed by atoms with Crippen LogP contribution in [0.4, 0.5) is 10.5 Å². The number of anilines is 1. The summed E-state index contributed by atoms with van der Waals surface area (Å²) in [6.45, 7) is -0.403. The highest BCUT2D eigenvalue weighted by Gasteiger charge is 2.15. The first-order chi connectivity index (χ1) is 9.99. The Balaban J connectivity index is 2.11. The Bertz CT molecular complexity index is 692. The minimum absolute atomic E-state index is 0.403.